The molecule has 8 heteroatoms. The van der Waals surface area contributed by atoms with Crippen LogP contribution in [0, 0.1) is 0 Å². The number of halogens is 2. The molecule has 2 aliphatic rings. The third-order valence-corrected chi connectivity index (χ3v) is 6.00. The minimum atomic E-state index is -0.391. The molecule has 31 heavy (non-hydrogen) atoms. The van der Waals surface area contributed by atoms with Gasteiger partial charge in [0.1, 0.15) is 24.2 Å². The van der Waals surface area contributed by atoms with Crippen LogP contribution in [0.4, 0.5) is 5.95 Å². The van der Waals surface area contributed by atoms with E-state index in [1.807, 2.05) is 65.5 Å². The molecule has 0 saturated carbocycles. The Morgan fingerprint density at radius 3 is 2.68 bits per heavy atom. The van der Waals surface area contributed by atoms with Gasteiger partial charge in [-0.2, -0.15) is 10.1 Å². The molecule has 0 spiro atoms. The van der Waals surface area contributed by atoms with Crippen molar-refractivity contribution in [1.29, 1.82) is 0 Å². The summed E-state index contributed by atoms with van der Waals surface area (Å²) in [6, 6.07) is 17.0. The molecule has 2 aromatic carbocycles. The fourth-order valence-corrected chi connectivity index (χ4v) is 4.62. The smallest absolute Gasteiger partial charge is 0.226 e. The van der Waals surface area contributed by atoms with Crippen molar-refractivity contribution in [1.82, 2.24) is 19.7 Å². The van der Waals surface area contributed by atoms with Crippen LogP contribution in [0.3, 0.4) is 0 Å². The second kappa shape index (κ2) is 7.11. The predicted octanol–water partition coefficient (Wildman–Crippen LogP) is 5.54. The Morgan fingerprint density at radius 2 is 1.84 bits per heavy atom. The predicted molar refractivity (Wildman–Crippen MR) is 119 cm³/mol. The zero-order valence-corrected chi connectivity index (χ0v) is 17.5. The molecule has 0 aliphatic carbocycles. The van der Waals surface area contributed by atoms with Gasteiger partial charge in [0.2, 0.25) is 5.95 Å². The molecule has 0 fully saturated rings. The quantitative estimate of drug-likeness (QED) is 0.436. The molecule has 0 saturated heterocycles. The van der Waals surface area contributed by atoms with Crippen LogP contribution >= 0.6 is 23.2 Å². The number of hydrogen-bond acceptors (Lipinski definition) is 5. The van der Waals surface area contributed by atoms with Gasteiger partial charge in [-0.15, -0.1) is 0 Å². The summed E-state index contributed by atoms with van der Waals surface area (Å²) in [6.07, 6.45) is 4.74. The van der Waals surface area contributed by atoms with Crippen molar-refractivity contribution < 1.29 is 4.74 Å². The van der Waals surface area contributed by atoms with Gasteiger partial charge in [0.05, 0.1) is 5.70 Å². The van der Waals surface area contributed by atoms with Crippen LogP contribution in [-0.4, -0.2) is 19.7 Å². The summed E-state index contributed by atoms with van der Waals surface area (Å²) in [4.78, 5) is 8.76. The van der Waals surface area contributed by atoms with Crippen molar-refractivity contribution in [2.45, 2.75) is 12.1 Å². The molecule has 2 atom stereocenters. The maximum absolute atomic E-state index is 6.54. The van der Waals surface area contributed by atoms with Crippen LogP contribution in [0.1, 0.15) is 28.8 Å². The molecule has 4 aromatic rings. The van der Waals surface area contributed by atoms with Gasteiger partial charge in [0.25, 0.3) is 0 Å². The van der Waals surface area contributed by atoms with Gasteiger partial charge in [-0.1, -0.05) is 41.4 Å². The van der Waals surface area contributed by atoms with Gasteiger partial charge >= 0.3 is 0 Å². The lowest BCUT2D eigenvalue weighted by Crippen LogP contribution is -2.32. The lowest BCUT2D eigenvalue weighted by atomic mass is 9.85. The number of rotatable bonds is 2. The lowest BCUT2D eigenvalue weighted by Gasteiger charge is -2.38. The van der Waals surface area contributed by atoms with Crippen LogP contribution in [0.2, 0.25) is 10.0 Å². The summed E-state index contributed by atoms with van der Waals surface area (Å²) in [7, 11) is 0. The van der Waals surface area contributed by atoms with E-state index in [2.05, 4.69) is 20.4 Å². The van der Waals surface area contributed by atoms with Crippen LogP contribution in [0.25, 0.3) is 5.70 Å². The summed E-state index contributed by atoms with van der Waals surface area (Å²) in [5, 5.41) is 9.23. The Kier molecular flexibility index (Phi) is 4.23. The summed E-state index contributed by atoms with van der Waals surface area (Å²) in [5.74, 6) is 1.38. The van der Waals surface area contributed by atoms with E-state index in [4.69, 9.17) is 27.9 Å². The zero-order chi connectivity index (χ0) is 20.9. The average Bonchev–Trinajstić information content (AvgIpc) is 3.26. The summed E-state index contributed by atoms with van der Waals surface area (Å²) in [6.45, 7) is 0. The maximum atomic E-state index is 6.54. The Hall–Kier alpha value is -3.35. The van der Waals surface area contributed by atoms with Gasteiger partial charge in [-0.25, -0.2) is 4.68 Å². The monoisotopic (exact) mass is 447 g/mol. The van der Waals surface area contributed by atoms with Crippen LogP contribution in [-0.2, 0) is 0 Å². The first-order valence-electron chi connectivity index (χ1n) is 9.71. The molecule has 2 aliphatic heterocycles. The Balaban J connectivity index is 1.65. The first-order valence-corrected chi connectivity index (χ1v) is 10.5. The Bertz CT molecular complexity index is 1330. The highest BCUT2D eigenvalue weighted by Crippen LogP contribution is 2.51. The summed E-state index contributed by atoms with van der Waals surface area (Å²) < 4.78 is 8.40. The van der Waals surface area contributed by atoms with E-state index in [9.17, 15) is 0 Å². The standard InChI is InChI=1S/C23H15Cl2N5O/c24-15-5-1-3-13(9-15)22-19-20(17-10-16(25)6-7-18(17)31-22)29-23-27-12-28-30(23)21(19)14-4-2-8-26-11-14/h1-12,21-22H,(H,27,28,29)/t21-,22+/m0/s1. The van der Waals surface area contributed by atoms with Crippen molar-refractivity contribution in [3.8, 4) is 5.75 Å². The van der Waals surface area contributed by atoms with Crippen molar-refractivity contribution >= 4 is 34.8 Å². The fourth-order valence-electron chi connectivity index (χ4n) is 4.24. The van der Waals surface area contributed by atoms with Crippen molar-refractivity contribution in [3.05, 3.63) is 106 Å². The van der Waals surface area contributed by atoms with E-state index in [1.165, 1.54) is 6.33 Å². The normalized spacial score (nSPS) is 19.0. The molecule has 1 N–H and O–H groups in total. The summed E-state index contributed by atoms with van der Waals surface area (Å²) >= 11 is 12.7. The number of fused-ring (bicyclic) bond motifs is 3. The van der Waals surface area contributed by atoms with Crippen molar-refractivity contribution in [3.63, 3.8) is 0 Å². The molecule has 6 nitrogen and oxygen atoms in total. The Labute approximate surface area is 188 Å². The minimum absolute atomic E-state index is 0.265. The van der Waals surface area contributed by atoms with Gasteiger partial charge in [0, 0.05) is 33.6 Å². The first-order chi connectivity index (χ1) is 15.2. The van der Waals surface area contributed by atoms with Gasteiger partial charge in [-0.3, -0.25) is 4.98 Å². The molecule has 0 unspecified atom stereocenters. The van der Waals surface area contributed by atoms with E-state index in [0.29, 0.717) is 16.0 Å². The number of hydrogen-bond donors (Lipinski definition) is 1. The topological polar surface area (TPSA) is 64.9 Å². The second-order valence-electron chi connectivity index (χ2n) is 7.37. The highest BCUT2D eigenvalue weighted by atomic mass is 35.5. The van der Waals surface area contributed by atoms with Crippen LogP contribution in [0.5, 0.6) is 5.75 Å². The largest absolute Gasteiger partial charge is 0.480 e. The number of ether oxygens (including phenoxy) is 1. The zero-order valence-electron chi connectivity index (χ0n) is 16.0. The number of nitrogens with zero attached hydrogens (tertiary/aromatic N) is 4. The number of aromatic nitrogens is 4. The first kappa shape index (κ1) is 18.4. The van der Waals surface area contributed by atoms with Gasteiger partial charge in [0.15, 0.2) is 0 Å². The lowest BCUT2D eigenvalue weighted by molar-refractivity contribution is 0.223. The molecule has 6 rings (SSSR count). The Morgan fingerprint density at radius 1 is 0.968 bits per heavy atom. The second-order valence-corrected chi connectivity index (χ2v) is 8.24. The molecule has 0 radical (unpaired) electrons. The molecular weight excluding hydrogens is 433 g/mol. The maximum Gasteiger partial charge on any atom is 0.226 e. The molecule has 0 bridgehead atoms. The van der Waals surface area contributed by atoms with Crippen molar-refractivity contribution in [2.24, 2.45) is 0 Å². The molecule has 0 amide bonds. The highest BCUT2D eigenvalue weighted by Gasteiger charge is 2.41. The van der Waals surface area contributed by atoms with Crippen molar-refractivity contribution in [2.75, 3.05) is 5.32 Å². The molecule has 4 heterocycles. The summed E-state index contributed by atoms with van der Waals surface area (Å²) in [5.41, 5.74) is 4.69. The third kappa shape index (κ3) is 2.99. The number of pyridine rings is 1. The third-order valence-electron chi connectivity index (χ3n) is 5.53. The molecule has 152 valence electrons. The van der Waals surface area contributed by atoms with E-state index >= 15 is 0 Å². The molecule has 2 aromatic heterocycles. The van der Waals surface area contributed by atoms with E-state index in [1.54, 1.807) is 6.20 Å². The van der Waals surface area contributed by atoms with E-state index in [0.717, 1.165) is 33.7 Å². The van der Waals surface area contributed by atoms with Gasteiger partial charge in [-0.05, 0) is 47.5 Å². The van der Waals surface area contributed by atoms with E-state index < -0.39 is 6.10 Å². The molecular formula is C23H15Cl2N5O. The number of nitrogens with one attached hydrogen (secondary N) is 1. The SMILES string of the molecule is Clc1cccc([C@H]2Oc3ccc(Cl)cc3C3=C2[C@H](c2cccnc2)n2ncnc2N3)c1. The van der Waals surface area contributed by atoms with Gasteiger partial charge < -0.3 is 10.1 Å². The average molecular weight is 448 g/mol. The van der Waals surface area contributed by atoms with Crippen LogP contribution < -0.4 is 10.1 Å². The van der Waals surface area contributed by atoms with Crippen LogP contribution in [0.15, 0.2) is 78.9 Å². The minimum Gasteiger partial charge on any atom is -0.480 e. The van der Waals surface area contributed by atoms with E-state index in [-0.39, 0.29) is 6.04 Å². The number of anilines is 1. The highest BCUT2D eigenvalue weighted by molar-refractivity contribution is 6.31. The number of benzene rings is 2. The fraction of sp³-hybridized carbons (Fsp3) is 0.0870.